The summed E-state index contributed by atoms with van der Waals surface area (Å²) in [5, 5.41) is 3.18. The molecule has 2 aromatic heterocycles. The van der Waals surface area contributed by atoms with Gasteiger partial charge in [-0.05, 0) is 42.7 Å². The molecule has 0 radical (unpaired) electrons. The zero-order valence-electron chi connectivity index (χ0n) is 20.4. The fourth-order valence-electron chi connectivity index (χ4n) is 4.84. The van der Waals surface area contributed by atoms with Crippen molar-refractivity contribution in [1.82, 2.24) is 24.4 Å². The summed E-state index contributed by atoms with van der Waals surface area (Å²) < 4.78 is 3.45. The first-order valence-electron chi connectivity index (χ1n) is 12.5. The Morgan fingerprint density at radius 1 is 1.21 bits per heavy atom. The number of H-pyrrole nitrogens is 1. The highest BCUT2D eigenvalue weighted by Crippen LogP contribution is 2.21. The Bertz CT molecular complexity index is 1280. The number of aromatic nitrogens is 4. The number of unbranched alkanes of at least 4 members (excludes halogenated alkanes) is 1. The van der Waals surface area contributed by atoms with Gasteiger partial charge in [-0.1, -0.05) is 51.5 Å². The average Bonchev–Trinajstić information content (AvgIpc) is 3.15. The van der Waals surface area contributed by atoms with Crippen LogP contribution in [0, 0.1) is 5.92 Å². The highest BCUT2D eigenvalue weighted by molar-refractivity contribution is 5.77. The number of hydrogen-bond acceptors (Lipinski definition) is 4. The quantitative estimate of drug-likeness (QED) is 0.507. The summed E-state index contributed by atoms with van der Waals surface area (Å²) >= 11 is 0. The third-order valence-electron chi connectivity index (χ3n) is 6.54. The molecule has 0 fully saturated rings. The number of aromatic amines is 1. The van der Waals surface area contributed by atoms with Crippen LogP contribution < -0.4 is 16.6 Å². The molecule has 2 N–H and O–H groups in total. The molecular formula is C26H35N5O3. The number of aryl methyl sites for hydroxylation is 3. The number of rotatable bonds is 9. The van der Waals surface area contributed by atoms with Crippen molar-refractivity contribution in [2.75, 3.05) is 0 Å². The molecule has 1 aromatic carbocycles. The van der Waals surface area contributed by atoms with E-state index in [9.17, 15) is 14.4 Å². The van der Waals surface area contributed by atoms with Crippen LogP contribution in [0.4, 0.5) is 0 Å². The van der Waals surface area contributed by atoms with Gasteiger partial charge in [0.15, 0.2) is 11.2 Å². The fourth-order valence-corrected chi connectivity index (χ4v) is 4.84. The van der Waals surface area contributed by atoms with Crippen molar-refractivity contribution in [1.29, 1.82) is 0 Å². The lowest BCUT2D eigenvalue weighted by Gasteiger charge is -2.25. The summed E-state index contributed by atoms with van der Waals surface area (Å²) in [6, 6.07) is 8.54. The summed E-state index contributed by atoms with van der Waals surface area (Å²) in [4.78, 5) is 45.2. The van der Waals surface area contributed by atoms with Gasteiger partial charge in [-0.2, -0.15) is 0 Å². The van der Waals surface area contributed by atoms with Crippen molar-refractivity contribution < 1.29 is 4.79 Å². The average molecular weight is 466 g/mol. The minimum Gasteiger partial charge on any atom is -0.353 e. The summed E-state index contributed by atoms with van der Waals surface area (Å²) in [6.45, 7) is 7.31. The predicted molar refractivity (Wildman–Crippen MR) is 133 cm³/mol. The van der Waals surface area contributed by atoms with Crippen LogP contribution in [0.5, 0.6) is 0 Å². The highest BCUT2D eigenvalue weighted by atomic mass is 16.2. The van der Waals surface area contributed by atoms with Crippen LogP contribution >= 0.6 is 0 Å². The molecule has 1 aliphatic carbocycles. The molecule has 0 aliphatic heterocycles. The molecular weight excluding hydrogens is 430 g/mol. The molecule has 182 valence electrons. The van der Waals surface area contributed by atoms with Crippen LogP contribution in [0.1, 0.15) is 63.4 Å². The number of imidazole rings is 1. The lowest BCUT2D eigenvalue weighted by Crippen LogP contribution is -2.39. The number of benzene rings is 1. The SMILES string of the molecule is CCCCn1c(=O)[nH]c(=O)c2c1nc(CCC(=O)NC1CCc3ccccc3C1)n2CC(C)C. The number of amides is 1. The lowest BCUT2D eigenvalue weighted by atomic mass is 9.88. The maximum absolute atomic E-state index is 12.8. The number of nitrogens with zero attached hydrogens (tertiary/aromatic N) is 3. The molecule has 34 heavy (non-hydrogen) atoms. The Balaban J connectivity index is 1.54. The minimum atomic E-state index is -0.429. The first kappa shape index (κ1) is 24.0. The van der Waals surface area contributed by atoms with Crippen molar-refractivity contribution in [2.24, 2.45) is 5.92 Å². The zero-order chi connectivity index (χ0) is 24.2. The Morgan fingerprint density at radius 2 is 1.97 bits per heavy atom. The first-order valence-corrected chi connectivity index (χ1v) is 12.5. The van der Waals surface area contributed by atoms with E-state index in [0.29, 0.717) is 36.5 Å². The van der Waals surface area contributed by atoms with Crippen LogP contribution in [0.25, 0.3) is 11.2 Å². The van der Waals surface area contributed by atoms with Crippen molar-refractivity contribution in [3.63, 3.8) is 0 Å². The van der Waals surface area contributed by atoms with Crippen LogP contribution in [0.2, 0.25) is 0 Å². The maximum atomic E-state index is 12.8. The third-order valence-corrected chi connectivity index (χ3v) is 6.54. The maximum Gasteiger partial charge on any atom is 0.330 e. The highest BCUT2D eigenvalue weighted by Gasteiger charge is 2.22. The van der Waals surface area contributed by atoms with Gasteiger partial charge in [0.05, 0.1) is 0 Å². The van der Waals surface area contributed by atoms with Crippen molar-refractivity contribution in [3.8, 4) is 0 Å². The van der Waals surface area contributed by atoms with Crippen LogP contribution in [0.15, 0.2) is 33.9 Å². The molecule has 1 unspecified atom stereocenters. The van der Waals surface area contributed by atoms with E-state index in [1.807, 2.05) is 10.6 Å². The lowest BCUT2D eigenvalue weighted by molar-refractivity contribution is -0.121. The molecule has 1 amide bonds. The Hall–Kier alpha value is -3.16. The van der Waals surface area contributed by atoms with E-state index in [-0.39, 0.29) is 24.3 Å². The number of nitrogens with one attached hydrogen (secondary N) is 2. The van der Waals surface area contributed by atoms with Gasteiger partial charge < -0.3 is 9.88 Å². The standard InChI is InChI=1S/C26H35N5O3/c1-4-5-14-30-24-23(25(33)29-26(30)34)31(16-17(2)3)21(28-24)12-13-22(32)27-20-11-10-18-8-6-7-9-19(18)15-20/h6-9,17,20H,4-5,10-16H2,1-3H3,(H,27,32)(H,29,33,34). The van der Waals surface area contributed by atoms with Gasteiger partial charge in [0, 0.05) is 32.0 Å². The Labute approximate surface area is 199 Å². The van der Waals surface area contributed by atoms with E-state index in [0.717, 1.165) is 32.1 Å². The second kappa shape index (κ2) is 10.4. The van der Waals surface area contributed by atoms with Gasteiger partial charge in [0.1, 0.15) is 5.82 Å². The number of carbonyl (C=O) groups excluding carboxylic acids is 1. The number of fused-ring (bicyclic) bond motifs is 2. The van der Waals surface area contributed by atoms with Crippen LogP contribution in [0.3, 0.4) is 0 Å². The summed E-state index contributed by atoms with van der Waals surface area (Å²) in [7, 11) is 0. The van der Waals surface area contributed by atoms with E-state index in [1.54, 1.807) is 4.57 Å². The Kier molecular flexibility index (Phi) is 7.34. The largest absolute Gasteiger partial charge is 0.353 e. The van der Waals surface area contributed by atoms with Crippen LogP contribution in [-0.2, 0) is 37.1 Å². The molecule has 0 saturated heterocycles. The van der Waals surface area contributed by atoms with Gasteiger partial charge >= 0.3 is 5.69 Å². The minimum absolute atomic E-state index is 0.00943. The van der Waals surface area contributed by atoms with Gasteiger partial charge in [-0.3, -0.25) is 19.1 Å². The van der Waals surface area contributed by atoms with Crippen molar-refractivity contribution in [3.05, 3.63) is 62.1 Å². The predicted octanol–water partition coefficient (Wildman–Crippen LogP) is 2.95. The van der Waals surface area contributed by atoms with E-state index >= 15 is 0 Å². The molecule has 4 rings (SSSR count). The normalized spacial score (nSPS) is 15.6. The first-order chi connectivity index (χ1) is 16.4. The van der Waals surface area contributed by atoms with Gasteiger partial charge in [0.25, 0.3) is 5.56 Å². The topological polar surface area (TPSA) is 102 Å². The number of carbonyl (C=O) groups is 1. The molecule has 0 bridgehead atoms. The molecule has 0 spiro atoms. The zero-order valence-corrected chi connectivity index (χ0v) is 20.4. The number of hydrogen-bond donors (Lipinski definition) is 2. The summed E-state index contributed by atoms with van der Waals surface area (Å²) in [5.74, 6) is 0.946. The molecule has 0 saturated carbocycles. The second-order valence-corrected chi connectivity index (χ2v) is 9.75. The Morgan fingerprint density at radius 3 is 2.71 bits per heavy atom. The smallest absolute Gasteiger partial charge is 0.330 e. The van der Waals surface area contributed by atoms with Crippen molar-refractivity contribution in [2.45, 2.75) is 84.8 Å². The summed E-state index contributed by atoms with van der Waals surface area (Å²) in [5.41, 5.74) is 2.67. The van der Waals surface area contributed by atoms with E-state index in [4.69, 9.17) is 4.98 Å². The van der Waals surface area contributed by atoms with E-state index in [2.05, 4.69) is 49.3 Å². The van der Waals surface area contributed by atoms with Gasteiger partial charge in [-0.25, -0.2) is 9.78 Å². The monoisotopic (exact) mass is 465 g/mol. The van der Waals surface area contributed by atoms with Gasteiger partial charge in [-0.15, -0.1) is 0 Å². The van der Waals surface area contributed by atoms with Gasteiger partial charge in [0.2, 0.25) is 5.91 Å². The van der Waals surface area contributed by atoms with E-state index < -0.39 is 11.2 Å². The molecule has 1 aliphatic rings. The van der Waals surface area contributed by atoms with Crippen molar-refractivity contribution >= 4 is 17.1 Å². The van der Waals surface area contributed by atoms with E-state index in [1.165, 1.54) is 11.1 Å². The van der Waals surface area contributed by atoms with Crippen LogP contribution in [-0.4, -0.2) is 31.1 Å². The fraction of sp³-hybridized carbons (Fsp3) is 0.538. The third kappa shape index (κ3) is 5.16. The molecule has 3 aromatic rings. The summed E-state index contributed by atoms with van der Waals surface area (Å²) in [6.07, 6.45) is 5.22. The molecule has 2 heterocycles. The molecule has 8 heteroatoms. The molecule has 1 atom stereocenters. The molecule has 8 nitrogen and oxygen atoms in total. The second-order valence-electron chi connectivity index (χ2n) is 9.75.